The summed E-state index contributed by atoms with van der Waals surface area (Å²) in [5.74, 6) is 0.734. The van der Waals surface area contributed by atoms with Gasteiger partial charge in [-0.05, 0) is 43.4 Å². The van der Waals surface area contributed by atoms with E-state index in [0.29, 0.717) is 6.54 Å². The Morgan fingerprint density at radius 1 is 1.22 bits per heavy atom. The fraction of sp³-hybridized carbons (Fsp3) is 0.417. The zero-order valence-electron chi connectivity index (χ0n) is 10.7. The van der Waals surface area contributed by atoms with Crippen molar-refractivity contribution in [3.8, 4) is 5.82 Å². The van der Waals surface area contributed by atoms with Crippen molar-refractivity contribution in [2.75, 3.05) is 0 Å². The van der Waals surface area contributed by atoms with Gasteiger partial charge in [0.1, 0.15) is 0 Å². The van der Waals surface area contributed by atoms with Gasteiger partial charge < -0.3 is 5.32 Å². The molecule has 0 aliphatic heterocycles. The Hall–Kier alpha value is -1.02. The molecule has 0 amide bonds. The predicted octanol–water partition coefficient (Wildman–Crippen LogP) is 2.16. The molecule has 0 saturated carbocycles. The van der Waals surface area contributed by atoms with Crippen molar-refractivity contribution in [1.82, 2.24) is 25.1 Å². The topological polar surface area (TPSA) is 55.6 Å². The third kappa shape index (κ3) is 3.74. The van der Waals surface area contributed by atoms with Crippen molar-refractivity contribution in [2.45, 2.75) is 32.9 Å². The molecule has 0 aliphatic carbocycles. The fourth-order valence-corrected chi connectivity index (χ4v) is 1.73. The Morgan fingerprint density at radius 3 is 2.50 bits per heavy atom. The molecule has 2 heterocycles. The molecular formula is C12H16IN5. The van der Waals surface area contributed by atoms with Gasteiger partial charge in [0.25, 0.3) is 0 Å². The zero-order chi connectivity index (χ0) is 13.2. The minimum absolute atomic E-state index is 0.0818. The van der Waals surface area contributed by atoms with Crippen LogP contribution in [0.3, 0.4) is 0 Å². The largest absolute Gasteiger partial charge is 0.306 e. The SMILES string of the molecule is CC(C)(C)NCc1cnc(-n2cc(I)cn2)cn1. The van der Waals surface area contributed by atoms with Crippen molar-refractivity contribution in [3.05, 3.63) is 34.1 Å². The average molecular weight is 357 g/mol. The summed E-state index contributed by atoms with van der Waals surface area (Å²) in [5.41, 5.74) is 1.01. The molecule has 2 rings (SSSR count). The summed E-state index contributed by atoms with van der Waals surface area (Å²) in [5, 5.41) is 7.57. The first-order chi connectivity index (χ1) is 8.44. The van der Waals surface area contributed by atoms with Crippen LogP contribution in [0.5, 0.6) is 0 Å². The van der Waals surface area contributed by atoms with Crippen LogP contribution in [-0.2, 0) is 6.54 Å². The number of nitrogens with zero attached hydrogens (tertiary/aromatic N) is 4. The molecule has 0 aromatic carbocycles. The molecule has 0 unspecified atom stereocenters. The molecule has 6 heteroatoms. The van der Waals surface area contributed by atoms with Gasteiger partial charge in [-0.15, -0.1) is 0 Å². The highest BCUT2D eigenvalue weighted by Gasteiger charge is 2.09. The normalized spacial score (nSPS) is 11.8. The van der Waals surface area contributed by atoms with Crippen LogP contribution < -0.4 is 5.32 Å². The number of rotatable bonds is 3. The lowest BCUT2D eigenvalue weighted by Gasteiger charge is -2.19. The summed E-state index contributed by atoms with van der Waals surface area (Å²) in [7, 11) is 0. The van der Waals surface area contributed by atoms with E-state index >= 15 is 0 Å². The van der Waals surface area contributed by atoms with Crippen LogP contribution in [-0.4, -0.2) is 25.3 Å². The van der Waals surface area contributed by atoms with Crippen molar-refractivity contribution in [3.63, 3.8) is 0 Å². The molecule has 5 nitrogen and oxygen atoms in total. The lowest BCUT2D eigenvalue weighted by atomic mass is 10.1. The molecule has 0 spiro atoms. The van der Waals surface area contributed by atoms with Crippen LogP contribution >= 0.6 is 22.6 Å². The predicted molar refractivity (Wildman–Crippen MR) is 78.5 cm³/mol. The Morgan fingerprint density at radius 2 is 2.00 bits per heavy atom. The molecule has 96 valence electrons. The number of hydrogen-bond acceptors (Lipinski definition) is 4. The lowest BCUT2D eigenvalue weighted by molar-refractivity contribution is 0.421. The van der Waals surface area contributed by atoms with E-state index in [2.05, 4.69) is 63.7 Å². The van der Waals surface area contributed by atoms with Gasteiger partial charge in [-0.1, -0.05) is 0 Å². The van der Waals surface area contributed by atoms with Crippen LogP contribution in [0.25, 0.3) is 5.82 Å². The molecule has 0 saturated heterocycles. The van der Waals surface area contributed by atoms with Crippen molar-refractivity contribution in [2.24, 2.45) is 0 Å². The Labute approximate surface area is 120 Å². The maximum atomic E-state index is 4.38. The quantitative estimate of drug-likeness (QED) is 0.856. The number of aromatic nitrogens is 4. The first kappa shape index (κ1) is 13.4. The molecule has 2 aromatic rings. The van der Waals surface area contributed by atoms with E-state index in [1.165, 1.54) is 0 Å². The zero-order valence-corrected chi connectivity index (χ0v) is 12.8. The maximum absolute atomic E-state index is 4.38. The van der Waals surface area contributed by atoms with Gasteiger partial charge in [-0.3, -0.25) is 4.98 Å². The monoisotopic (exact) mass is 357 g/mol. The van der Waals surface area contributed by atoms with E-state index in [9.17, 15) is 0 Å². The minimum atomic E-state index is 0.0818. The fourth-order valence-electron chi connectivity index (χ4n) is 1.34. The van der Waals surface area contributed by atoms with E-state index in [1.807, 2.05) is 6.20 Å². The Balaban J connectivity index is 2.06. The van der Waals surface area contributed by atoms with Gasteiger partial charge >= 0.3 is 0 Å². The highest BCUT2D eigenvalue weighted by atomic mass is 127. The van der Waals surface area contributed by atoms with Gasteiger partial charge in [-0.2, -0.15) is 5.10 Å². The second-order valence-corrected chi connectivity index (χ2v) is 6.32. The summed E-state index contributed by atoms with van der Waals surface area (Å²) >= 11 is 2.21. The lowest BCUT2D eigenvalue weighted by Crippen LogP contribution is -2.35. The molecule has 18 heavy (non-hydrogen) atoms. The maximum Gasteiger partial charge on any atom is 0.171 e. The van der Waals surface area contributed by atoms with Crippen molar-refractivity contribution < 1.29 is 0 Å². The van der Waals surface area contributed by atoms with Gasteiger partial charge in [0.2, 0.25) is 0 Å². The van der Waals surface area contributed by atoms with Crippen molar-refractivity contribution >= 4 is 22.6 Å². The summed E-state index contributed by atoms with van der Waals surface area (Å²) < 4.78 is 2.79. The molecule has 1 N–H and O–H groups in total. The van der Waals surface area contributed by atoms with Gasteiger partial charge in [-0.25, -0.2) is 9.67 Å². The Bertz CT molecular complexity index is 512. The third-order valence-electron chi connectivity index (χ3n) is 2.28. The van der Waals surface area contributed by atoms with Crippen LogP contribution in [0.1, 0.15) is 26.5 Å². The van der Waals surface area contributed by atoms with E-state index in [0.717, 1.165) is 15.1 Å². The van der Waals surface area contributed by atoms with Gasteiger partial charge in [0.15, 0.2) is 5.82 Å². The van der Waals surface area contributed by atoms with Crippen LogP contribution in [0.4, 0.5) is 0 Å². The number of hydrogen-bond donors (Lipinski definition) is 1. The molecule has 0 radical (unpaired) electrons. The summed E-state index contributed by atoms with van der Waals surface area (Å²) in [6, 6.07) is 0. The van der Waals surface area contributed by atoms with Crippen LogP contribution in [0, 0.1) is 3.57 Å². The smallest absolute Gasteiger partial charge is 0.171 e. The second kappa shape index (κ2) is 5.31. The molecule has 0 fully saturated rings. The molecule has 0 aliphatic rings. The Kier molecular flexibility index (Phi) is 3.96. The summed E-state index contributed by atoms with van der Waals surface area (Å²) in [6.45, 7) is 7.09. The van der Waals surface area contributed by atoms with E-state index < -0.39 is 0 Å². The molecule has 0 atom stereocenters. The standard InChI is InChI=1S/C12H16IN5/c1-12(2,3)16-6-10-5-15-11(7-14-10)18-8-9(13)4-17-18/h4-5,7-8,16H,6H2,1-3H3. The molecule has 0 bridgehead atoms. The third-order valence-corrected chi connectivity index (χ3v) is 2.83. The number of halogens is 1. The van der Waals surface area contributed by atoms with Crippen LogP contribution in [0.15, 0.2) is 24.8 Å². The second-order valence-electron chi connectivity index (χ2n) is 5.07. The van der Waals surface area contributed by atoms with Gasteiger partial charge in [0.05, 0.1) is 27.9 Å². The first-order valence-corrected chi connectivity index (χ1v) is 6.78. The molecule has 2 aromatic heterocycles. The van der Waals surface area contributed by atoms with E-state index in [1.54, 1.807) is 23.3 Å². The highest BCUT2D eigenvalue weighted by molar-refractivity contribution is 14.1. The average Bonchev–Trinajstić information content (AvgIpc) is 2.73. The van der Waals surface area contributed by atoms with E-state index in [4.69, 9.17) is 0 Å². The van der Waals surface area contributed by atoms with Crippen LogP contribution in [0.2, 0.25) is 0 Å². The summed E-state index contributed by atoms with van der Waals surface area (Å²) in [6.07, 6.45) is 7.22. The van der Waals surface area contributed by atoms with Crippen molar-refractivity contribution in [1.29, 1.82) is 0 Å². The number of nitrogens with one attached hydrogen (secondary N) is 1. The first-order valence-electron chi connectivity index (χ1n) is 5.70. The summed E-state index contributed by atoms with van der Waals surface area (Å²) in [4.78, 5) is 8.74. The minimum Gasteiger partial charge on any atom is -0.306 e. The highest BCUT2D eigenvalue weighted by Crippen LogP contribution is 2.07. The van der Waals surface area contributed by atoms with E-state index in [-0.39, 0.29) is 5.54 Å². The van der Waals surface area contributed by atoms with Gasteiger partial charge in [0, 0.05) is 18.3 Å². The molecular weight excluding hydrogens is 341 g/mol.